The van der Waals surface area contributed by atoms with Crippen molar-refractivity contribution >= 4 is 5.97 Å². The third-order valence-electron chi connectivity index (χ3n) is 17.6. The SMILES string of the molecule is CC(=O)O[C@H]1[C@@H](O)[C@H](O[C@@H]2[C@H](O)[C@H](C)O[C@@H](O[C@H]3C[C@H](O)CC4=CC[C@@H]5[C@H]6C[C@H]7O[C@@]8(CC[C@@H](C)CO8)[C@H](C)[C@H]7[C@@]6(C)CC[C@H]5[C@]43C)[C@@H]2O[C@@H]2O[C@H](C)[C@@H](O)[C@H](O)[C@@H]2O)OC[C@H]1O. The summed E-state index contributed by atoms with van der Waals surface area (Å²) in [6, 6.07) is 0. The van der Waals surface area contributed by atoms with Gasteiger partial charge in [0, 0.05) is 31.1 Å². The lowest BCUT2D eigenvalue weighted by atomic mass is 9.46. The minimum atomic E-state index is -1.74. The van der Waals surface area contributed by atoms with Crippen LogP contribution in [0.2, 0.25) is 0 Å². The van der Waals surface area contributed by atoms with Gasteiger partial charge in [0.15, 0.2) is 30.8 Å². The largest absolute Gasteiger partial charge is 0.457 e. The molecule has 0 bridgehead atoms. The fourth-order valence-corrected chi connectivity index (χ4v) is 14.1. The molecule has 0 aromatic rings. The third-order valence-corrected chi connectivity index (χ3v) is 17.6. The summed E-state index contributed by atoms with van der Waals surface area (Å²) in [5, 5.41) is 77.5. The highest BCUT2D eigenvalue weighted by Crippen LogP contribution is 2.71. The minimum Gasteiger partial charge on any atom is -0.457 e. The lowest BCUT2D eigenvalue weighted by Crippen LogP contribution is -2.66. The molecule has 26 atom stereocenters. The molecule has 5 heterocycles. The Balaban J connectivity index is 1.01. The van der Waals surface area contributed by atoms with Gasteiger partial charge in [-0.25, -0.2) is 0 Å². The molecule has 8 fully saturated rings. The zero-order chi connectivity index (χ0) is 45.1. The first-order valence-corrected chi connectivity index (χ1v) is 23.6. The van der Waals surface area contributed by atoms with Gasteiger partial charge in [0.25, 0.3) is 0 Å². The first-order valence-electron chi connectivity index (χ1n) is 23.6. The molecular weight excluding hydrogens is 824 g/mol. The second-order valence-electron chi connectivity index (χ2n) is 21.3. The van der Waals surface area contributed by atoms with Gasteiger partial charge < -0.3 is 78.4 Å². The number of ether oxygens (including phenoxy) is 9. The quantitative estimate of drug-likeness (QED) is 0.141. The van der Waals surface area contributed by atoms with E-state index in [1.54, 1.807) is 6.92 Å². The van der Waals surface area contributed by atoms with Crippen LogP contribution in [-0.2, 0) is 47.4 Å². The van der Waals surface area contributed by atoms with Gasteiger partial charge in [0.05, 0.1) is 43.7 Å². The zero-order valence-corrected chi connectivity index (χ0v) is 37.6. The van der Waals surface area contributed by atoms with Crippen LogP contribution in [0.4, 0.5) is 0 Å². The lowest BCUT2D eigenvalue weighted by Gasteiger charge is -2.60. The number of carbonyl (C=O) groups excluding carboxylic acids is 1. The van der Waals surface area contributed by atoms with Crippen molar-refractivity contribution in [2.75, 3.05) is 13.2 Å². The van der Waals surface area contributed by atoms with E-state index in [0.29, 0.717) is 30.1 Å². The predicted octanol–water partition coefficient (Wildman–Crippen LogP) is 1.42. The van der Waals surface area contributed by atoms with Crippen molar-refractivity contribution in [3.05, 3.63) is 11.6 Å². The lowest BCUT2D eigenvalue weighted by molar-refractivity contribution is -0.391. The van der Waals surface area contributed by atoms with Gasteiger partial charge in [-0.05, 0) is 87.4 Å². The Kier molecular flexibility index (Phi) is 12.8. The second-order valence-corrected chi connectivity index (χ2v) is 21.3. The summed E-state index contributed by atoms with van der Waals surface area (Å²) in [4.78, 5) is 11.9. The molecule has 5 aliphatic heterocycles. The van der Waals surface area contributed by atoms with Gasteiger partial charge in [-0.3, -0.25) is 4.79 Å². The molecule has 7 N–H and O–H groups in total. The summed E-state index contributed by atoms with van der Waals surface area (Å²) in [6.07, 6.45) is -12.2. The van der Waals surface area contributed by atoms with Crippen LogP contribution < -0.4 is 0 Å². The normalized spacial score (nSPS) is 56.8. The van der Waals surface area contributed by atoms with Crippen LogP contribution >= 0.6 is 0 Å². The van der Waals surface area contributed by atoms with E-state index in [-0.39, 0.29) is 36.4 Å². The van der Waals surface area contributed by atoms with Crippen LogP contribution in [0, 0.1) is 46.3 Å². The monoisotopic (exact) mass is 896 g/mol. The number of hydrogen-bond donors (Lipinski definition) is 7. The van der Waals surface area contributed by atoms with Crippen molar-refractivity contribution in [3.63, 3.8) is 0 Å². The highest BCUT2D eigenvalue weighted by Gasteiger charge is 2.70. The Labute approximate surface area is 369 Å². The predicted molar refractivity (Wildman–Crippen MR) is 218 cm³/mol. The van der Waals surface area contributed by atoms with Gasteiger partial charge >= 0.3 is 5.97 Å². The Hall–Kier alpha value is -1.39. The molecule has 17 nitrogen and oxygen atoms in total. The van der Waals surface area contributed by atoms with Gasteiger partial charge in [-0.1, -0.05) is 39.3 Å². The maximum Gasteiger partial charge on any atom is 0.303 e. The van der Waals surface area contributed by atoms with Crippen molar-refractivity contribution in [2.45, 2.75) is 210 Å². The highest BCUT2D eigenvalue weighted by molar-refractivity contribution is 5.66. The number of carbonyl (C=O) groups is 1. The molecule has 1 spiro atoms. The highest BCUT2D eigenvalue weighted by atomic mass is 16.8. The van der Waals surface area contributed by atoms with E-state index in [1.807, 2.05) is 0 Å². The summed E-state index contributed by atoms with van der Waals surface area (Å²) >= 11 is 0. The second kappa shape index (κ2) is 17.3. The van der Waals surface area contributed by atoms with Gasteiger partial charge in [-0.2, -0.15) is 0 Å². The molecule has 9 rings (SSSR count). The molecule has 0 aromatic carbocycles. The number of aliphatic hydroxyl groups is 7. The first kappa shape index (κ1) is 46.7. The van der Waals surface area contributed by atoms with Crippen molar-refractivity contribution in [2.24, 2.45) is 46.3 Å². The molecule has 0 amide bonds. The van der Waals surface area contributed by atoms with E-state index < -0.39 is 115 Å². The van der Waals surface area contributed by atoms with E-state index in [4.69, 9.17) is 42.6 Å². The molecule has 63 heavy (non-hydrogen) atoms. The fourth-order valence-electron chi connectivity index (χ4n) is 14.1. The van der Waals surface area contributed by atoms with Crippen LogP contribution in [0.15, 0.2) is 11.6 Å². The third kappa shape index (κ3) is 7.78. The first-order chi connectivity index (χ1) is 29.8. The Morgan fingerprint density at radius 3 is 2.17 bits per heavy atom. The van der Waals surface area contributed by atoms with E-state index in [9.17, 15) is 40.5 Å². The van der Waals surface area contributed by atoms with Gasteiger partial charge in [-0.15, -0.1) is 0 Å². The number of rotatable bonds is 7. The van der Waals surface area contributed by atoms with Crippen LogP contribution in [-0.4, -0.2) is 165 Å². The Bertz CT molecular complexity index is 1690. The minimum absolute atomic E-state index is 0.0569. The van der Waals surface area contributed by atoms with Crippen molar-refractivity contribution in [3.8, 4) is 0 Å². The topological polar surface area (TPSA) is 242 Å². The summed E-state index contributed by atoms with van der Waals surface area (Å²) in [7, 11) is 0. The molecule has 0 aromatic heterocycles. The fraction of sp³-hybridized carbons (Fsp3) is 0.935. The van der Waals surface area contributed by atoms with Gasteiger partial charge in [0.2, 0.25) is 0 Å². The van der Waals surface area contributed by atoms with E-state index in [0.717, 1.165) is 57.6 Å². The zero-order valence-electron chi connectivity index (χ0n) is 37.6. The molecule has 17 heteroatoms. The van der Waals surface area contributed by atoms with Crippen LogP contribution in [0.25, 0.3) is 0 Å². The molecule has 0 unspecified atom stereocenters. The molecule has 9 aliphatic rings. The standard InChI is InChI=1S/C46H72O17/c1-19-10-13-46(56-17-19)20(2)32-30(63-46)16-28-26-9-8-24-14-25(48)15-31(45(24,7)27(26)11-12-44(28,32)6)60-43-40(62-42-36(53)35(52)33(50)21(3)57-42)39(34(51)22(4)58-43)61-41-37(54)38(59-23(5)47)29(49)18-55-41/h8,19-22,25-43,48-54H,9-18H2,1-7H3/t19-,20-,21-,22+,25-,26+,27-,28-,29-,30-,31+,32-,33-,34-,35+,36+,37-,38-,39-,40-,41+,42+,43+,44+,45+,46+/m1/s1. The number of hydrogen-bond acceptors (Lipinski definition) is 17. The number of esters is 1. The molecule has 5 saturated heterocycles. The maximum absolute atomic E-state index is 11.9. The number of aliphatic hydroxyl groups excluding tert-OH is 7. The number of allylic oxidation sites excluding steroid dienone is 1. The smallest absolute Gasteiger partial charge is 0.303 e. The van der Waals surface area contributed by atoms with Crippen LogP contribution in [0.3, 0.4) is 0 Å². The van der Waals surface area contributed by atoms with Crippen molar-refractivity contribution in [1.82, 2.24) is 0 Å². The van der Waals surface area contributed by atoms with E-state index in [2.05, 4.69) is 33.8 Å². The van der Waals surface area contributed by atoms with E-state index in [1.165, 1.54) is 6.92 Å². The number of fused-ring (bicyclic) bond motifs is 7. The van der Waals surface area contributed by atoms with Gasteiger partial charge in [0.1, 0.15) is 48.8 Å². The summed E-state index contributed by atoms with van der Waals surface area (Å²) in [6.45, 7) is 13.9. The van der Waals surface area contributed by atoms with Crippen LogP contribution in [0.1, 0.15) is 99.8 Å². The molecular formula is C46H72O17. The molecule has 0 radical (unpaired) electrons. The summed E-state index contributed by atoms with van der Waals surface area (Å²) in [5.74, 6) is 0.844. The molecule has 3 saturated carbocycles. The van der Waals surface area contributed by atoms with Crippen molar-refractivity contribution < 1.29 is 83.2 Å². The van der Waals surface area contributed by atoms with Crippen LogP contribution in [0.5, 0.6) is 0 Å². The average molecular weight is 897 g/mol. The van der Waals surface area contributed by atoms with Crippen molar-refractivity contribution in [1.29, 1.82) is 0 Å². The molecule has 4 aliphatic carbocycles. The maximum atomic E-state index is 11.9. The Morgan fingerprint density at radius 1 is 0.746 bits per heavy atom. The molecule has 358 valence electrons. The Morgan fingerprint density at radius 2 is 1.46 bits per heavy atom. The van der Waals surface area contributed by atoms with E-state index >= 15 is 0 Å². The summed E-state index contributed by atoms with van der Waals surface area (Å²) < 4.78 is 56.7. The average Bonchev–Trinajstić information content (AvgIpc) is 3.68. The summed E-state index contributed by atoms with van der Waals surface area (Å²) in [5.41, 5.74) is 0.635.